The number of anilines is 3. The van der Waals surface area contributed by atoms with Gasteiger partial charge in [0.2, 0.25) is 0 Å². The first-order valence-corrected chi connectivity index (χ1v) is 9.11. The molecule has 0 atom stereocenters. The Morgan fingerprint density at radius 1 is 1.00 bits per heavy atom. The van der Waals surface area contributed by atoms with Crippen LogP contribution in [-0.4, -0.2) is 22.4 Å². The summed E-state index contributed by atoms with van der Waals surface area (Å²) in [7, 11) is 0. The molecule has 0 fully saturated rings. The van der Waals surface area contributed by atoms with E-state index in [-0.39, 0.29) is 5.91 Å². The second kappa shape index (κ2) is 6.83. The van der Waals surface area contributed by atoms with Gasteiger partial charge in [-0.05, 0) is 49.9 Å². The Bertz CT molecular complexity index is 1010. The van der Waals surface area contributed by atoms with Gasteiger partial charge in [-0.1, -0.05) is 36.4 Å². The van der Waals surface area contributed by atoms with E-state index < -0.39 is 0 Å². The first kappa shape index (κ1) is 17.2. The fourth-order valence-electron chi connectivity index (χ4n) is 3.57. The van der Waals surface area contributed by atoms with Crippen molar-refractivity contribution in [3.05, 3.63) is 76.7 Å². The lowest BCUT2D eigenvalue weighted by molar-refractivity contribution is 0.102. The molecule has 1 N–H and O–H groups in total. The number of benzene rings is 2. The van der Waals surface area contributed by atoms with Crippen molar-refractivity contribution in [3.63, 3.8) is 0 Å². The molecule has 3 aromatic rings. The van der Waals surface area contributed by atoms with Gasteiger partial charge >= 0.3 is 0 Å². The van der Waals surface area contributed by atoms with E-state index in [9.17, 15) is 4.79 Å². The molecule has 27 heavy (non-hydrogen) atoms. The molecule has 0 spiro atoms. The molecule has 1 aromatic heterocycles. The summed E-state index contributed by atoms with van der Waals surface area (Å²) in [5, 5.41) is 3.01. The number of para-hydroxylation sites is 2. The Morgan fingerprint density at radius 2 is 1.74 bits per heavy atom. The van der Waals surface area contributed by atoms with Gasteiger partial charge in [-0.25, -0.2) is 9.97 Å². The van der Waals surface area contributed by atoms with Gasteiger partial charge in [0, 0.05) is 24.0 Å². The molecule has 1 aliphatic rings. The van der Waals surface area contributed by atoms with Crippen LogP contribution in [0.2, 0.25) is 0 Å². The molecule has 5 nitrogen and oxygen atoms in total. The minimum atomic E-state index is -0.216. The SMILES string of the molecule is Cc1nc(C(=O)Nc2c(C)cccc2C)cc(N2CCc3ccccc32)n1. The van der Waals surface area contributed by atoms with Gasteiger partial charge in [-0.2, -0.15) is 0 Å². The molecule has 0 aliphatic carbocycles. The molecule has 0 radical (unpaired) electrons. The maximum atomic E-state index is 12.9. The fraction of sp³-hybridized carbons (Fsp3) is 0.227. The Morgan fingerprint density at radius 3 is 2.52 bits per heavy atom. The number of fused-ring (bicyclic) bond motifs is 1. The molecular weight excluding hydrogens is 336 g/mol. The van der Waals surface area contributed by atoms with Gasteiger partial charge in [0.05, 0.1) is 0 Å². The van der Waals surface area contributed by atoms with Gasteiger partial charge in [-0.15, -0.1) is 0 Å². The van der Waals surface area contributed by atoms with E-state index in [4.69, 9.17) is 0 Å². The molecule has 0 unspecified atom stereocenters. The smallest absolute Gasteiger partial charge is 0.274 e. The molecule has 2 aromatic carbocycles. The summed E-state index contributed by atoms with van der Waals surface area (Å²) >= 11 is 0. The number of carbonyl (C=O) groups is 1. The number of nitrogens with zero attached hydrogens (tertiary/aromatic N) is 3. The van der Waals surface area contributed by atoms with Crippen molar-refractivity contribution in [2.24, 2.45) is 0 Å². The zero-order valence-corrected chi connectivity index (χ0v) is 15.8. The topological polar surface area (TPSA) is 58.1 Å². The summed E-state index contributed by atoms with van der Waals surface area (Å²) in [6.07, 6.45) is 0.975. The first-order chi connectivity index (χ1) is 13.0. The van der Waals surface area contributed by atoms with E-state index in [1.165, 1.54) is 5.56 Å². The quantitative estimate of drug-likeness (QED) is 0.756. The number of hydrogen-bond acceptors (Lipinski definition) is 4. The van der Waals surface area contributed by atoms with E-state index in [2.05, 4.69) is 38.4 Å². The zero-order valence-electron chi connectivity index (χ0n) is 15.8. The number of rotatable bonds is 3. The van der Waals surface area contributed by atoms with E-state index in [0.717, 1.165) is 41.3 Å². The summed E-state index contributed by atoms with van der Waals surface area (Å²) < 4.78 is 0. The maximum absolute atomic E-state index is 12.9. The monoisotopic (exact) mass is 358 g/mol. The first-order valence-electron chi connectivity index (χ1n) is 9.11. The molecule has 0 saturated heterocycles. The average molecular weight is 358 g/mol. The average Bonchev–Trinajstić information content (AvgIpc) is 3.08. The van der Waals surface area contributed by atoms with Crippen LogP contribution in [0.5, 0.6) is 0 Å². The Labute approximate surface area is 159 Å². The van der Waals surface area contributed by atoms with Crippen LogP contribution < -0.4 is 10.2 Å². The number of hydrogen-bond donors (Lipinski definition) is 1. The number of nitrogens with one attached hydrogen (secondary N) is 1. The highest BCUT2D eigenvalue weighted by atomic mass is 16.1. The highest BCUT2D eigenvalue weighted by Crippen LogP contribution is 2.33. The second-order valence-corrected chi connectivity index (χ2v) is 6.91. The molecular formula is C22H22N4O. The minimum Gasteiger partial charge on any atom is -0.326 e. The largest absolute Gasteiger partial charge is 0.326 e. The van der Waals surface area contributed by atoms with Gasteiger partial charge < -0.3 is 10.2 Å². The van der Waals surface area contributed by atoms with E-state index in [0.29, 0.717) is 11.5 Å². The van der Waals surface area contributed by atoms with Gasteiger partial charge in [0.15, 0.2) is 0 Å². The summed E-state index contributed by atoms with van der Waals surface area (Å²) in [6.45, 7) is 6.65. The highest BCUT2D eigenvalue weighted by molar-refractivity contribution is 6.04. The minimum absolute atomic E-state index is 0.216. The normalized spacial score (nSPS) is 12.8. The van der Waals surface area contributed by atoms with Gasteiger partial charge in [0.1, 0.15) is 17.3 Å². The molecule has 1 aliphatic heterocycles. The van der Waals surface area contributed by atoms with Crippen LogP contribution in [-0.2, 0) is 6.42 Å². The third kappa shape index (κ3) is 3.28. The summed E-state index contributed by atoms with van der Waals surface area (Å²) in [4.78, 5) is 24.0. The van der Waals surface area contributed by atoms with Crippen LogP contribution in [0.15, 0.2) is 48.5 Å². The Kier molecular flexibility index (Phi) is 4.36. The predicted octanol–water partition coefficient (Wildman–Crippen LogP) is 4.35. The van der Waals surface area contributed by atoms with E-state index >= 15 is 0 Å². The van der Waals surface area contributed by atoms with Crippen molar-refractivity contribution >= 4 is 23.1 Å². The third-order valence-electron chi connectivity index (χ3n) is 4.94. The number of aromatic nitrogens is 2. The number of aryl methyl sites for hydroxylation is 3. The standard InChI is InChI=1S/C22H22N4O/c1-14-7-6-8-15(2)21(14)25-22(27)18-13-20(24-16(3)23-18)26-12-11-17-9-4-5-10-19(17)26/h4-10,13H,11-12H2,1-3H3,(H,25,27). The summed E-state index contributed by atoms with van der Waals surface area (Å²) in [5.74, 6) is 1.13. The second-order valence-electron chi connectivity index (χ2n) is 6.91. The molecule has 2 heterocycles. The summed E-state index contributed by atoms with van der Waals surface area (Å²) in [6, 6.07) is 16.0. The van der Waals surface area contributed by atoms with Crippen molar-refractivity contribution in [2.75, 3.05) is 16.8 Å². The van der Waals surface area contributed by atoms with Gasteiger partial charge in [-0.3, -0.25) is 4.79 Å². The molecule has 5 heteroatoms. The van der Waals surface area contributed by atoms with Crippen molar-refractivity contribution in [3.8, 4) is 0 Å². The third-order valence-corrected chi connectivity index (χ3v) is 4.94. The molecule has 0 saturated carbocycles. The Balaban J connectivity index is 1.66. The van der Waals surface area contributed by atoms with Crippen molar-refractivity contribution in [2.45, 2.75) is 27.2 Å². The molecule has 136 valence electrons. The van der Waals surface area contributed by atoms with E-state index in [1.54, 1.807) is 6.07 Å². The number of amides is 1. The highest BCUT2D eigenvalue weighted by Gasteiger charge is 2.23. The van der Waals surface area contributed by atoms with E-state index in [1.807, 2.05) is 45.0 Å². The lowest BCUT2D eigenvalue weighted by Gasteiger charge is -2.19. The van der Waals surface area contributed by atoms with Crippen LogP contribution in [0.1, 0.15) is 33.0 Å². The summed E-state index contributed by atoms with van der Waals surface area (Å²) in [5.41, 5.74) is 5.73. The van der Waals surface area contributed by atoms with Crippen LogP contribution >= 0.6 is 0 Å². The molecule has 0 bridgehead atoms. The molecule has 1 amide bonds. The van der Waals surface area contributed by atoms with Gasteiger partial charge in [0.25, 0.3) is 5.91 Å². The van der Waals surface area contributed by atoms with Crippen molar-refractivity contribution in [1.82, 2.24) is 9.97 Å². The maximum Gasteiger partial charge on any atom is 0.274 e. The van der Waals surface area contributed by atoms with Crippen LogP contribution in [0.3, 0.4) is 0 Å². The zero-order chi connectivity index (χ0) is 19.0. The van der Waals surface area contributed by atoms with Crippen molar-refractivity contribution < 1.29 is 4.79 Å². The van der Waals surface area contributed by atoms with Crippen LogP contribution in [0, 0.1) is 20.8 Å². The van der Waals surface area contributed by atoms with Crippen LogP contribution in [0.25, 0.3) is 0 Å². The Hall–Kier alpha value is -3.21. The van der Waals surface area contributed by atoms with Crippen LogP contribution in [0.4, 0.5) is 17.2 Å². The lowest BCUT2D eigenvalue weighted by Crippen LogP contribution is -2.20. The predicted molar refractivity (Wildman–Crippen MR) is 108 cm³/mol. The fourth-order valence-corrected chi connectivity index (χ4v) is 3.57. The number of carbonyl (C=O) groups excluding carboxylic acids is 1. The molecule has 4 rings (SSSR count). The van der Waals surface area contributed by atoms with Crippen molar-refractivity contribution in [1.29, 1.82) is 0 Å². The lowest BCUT2D eigenvalue weighted by atomic mass is 10.1.